The zero-order chi connectivity index (χ0) is 24.5. The van der Waals surface area contributed by atoms with Crippen molar-refractivity contribution in [2.45, 2.75) is 84.7 Å². The molecule has 36 heavy (non-hydrogen) atoms. The van der Waals surface area contributed by atoms with Crippen LogP contribution in [0.1, 0.15) is 99.2 Å². The van der Waals surface area contributed by atoms with Gasteiger partial charge in [-0.25, -0.2) is 9.78 Å². The summed E-state index contributed by atoms with van der Waals surface area (Å²) in [4.78, 5) is 22.0. The zero-order valence-electron chi connectivity index (χ0n) is 21.9. The monoisotopic (exact) mass is 484 g/mol. The molecule has 1 heterocycles. The van der Waals surface area contributed by atoms with Crippen molar-refractivity contribution in [1.29, 1.82) is 0 Å². The zero-order valence-corrected chi connectivity index (χ0v) is 21.9. The van der Waals surface area contributed by atoms with Crippen LogP contribution in [0.15, 0.2) is 36.4 Å². The predicted octanol–water partition coefficient (Wildman–Crippen LogP) is 7.37. The fourth-order valence-corrected chi connectivity index (χ4v) is 9.29. The molecule has 0 spiro atoms. The van der Waals surface area contributed by atoms with E-state index in [1.165, 1.54) is 56.9 Å². The van der Waals surface area contributed by atoms with Crippen molar-refractivity contribution in [2.24, 2.45) is 40.4 Å². The van der Waals surface area contributed by atoms with Crippen LogP contribution < -0.4 is 0 Å². The maximum atomic E-state index is 13.4. The Morgan fingerprint density at radius 2 is 1.72 bits per heavy atom. The molecule has 1 aromatic carbocycles. The fraction of sp³-hybridized carbons (Fsp3) is 0.625. The summed E-state index contributed by atoms with van der Waals surface area (Å²) in [5.41, 5.74) is 4.65. The third-order valence-corrected chi connectivity index (χ3v) is 11.0. The molecule has 0 saturated heterocycles. The van der Waals surface area contributed by atoms with Gasteiger partial charge < -0.3 is 9.72 Å². The molecule has 4 nitrogen and oxygen atoms in total. The number of hydrogen-bond donors (Lipinski definition) is 1. The Bertz CT molecular complexity index is 1150. The molecule has 1 N–H and O–H groups in total. The number of aromatic amines is 1. The standard InChI is InChI=1S/C32H40N2O2/c1-31(2)24-8-9-25(26(31)15-24)29-33-27(28(34-29)30(35)36-19-20-6-4-3-5-7-20)10-11-32-16-21-12-22(17-32)14-23(13-21)18-32/h3-7,9,21-24,26H,8,10-19H2,1-2H3,(H,33,34). The van der Waals surface area contributed by atoms with Gasteiger partial charge in [0.2, 0.25) is 0 Å². The number of aromatic nitrogens is 2. The number of imidazole rings is 1. The minimum Gasteiger partial charge on any atom is -0.456 e. The summed E-state index contributed by atoms with van der Waals surface area (Å²) in [6.45, 7) is 5.08. The quantitative estimate of drug-likeness (QED) is 0.418. The highest BCUT2D eigenvalue weighted by atomic mass is 16.5. The minimum atomic E-state index is -0.288. The number of nitrogens with zero attached hydrogens (tertiary/aromatic N) is 1. The van der Waals surface area contributed by atoms with Gasteiger partial charge in [-0.05, 0) is 116 Å². The van der Waals surface area contributed by atoms with Gasteiger partial charge in [-0.2, -0.15) is 0 Å². The van der Waals surface area contributed by atoms with E-state index in [0.717, 1.165) is 53.6 Å². The number of aryl methyl sites for hydroxylation is 1. The largest absolute Gasteiger partial charge is 0.456 e. The van der Waals surface area contributed by atoms with Crippen molar-refractivity contribution < 1.29 is 9.53 Å². The van der Waals surface area contributed by atoms with Crippen LogP contribution in [0, 0.1) is 40.4 Å². The third-order valence-electron chi connectivity index (χ3n) is 11.0. The highest BCUT2D eigenvalue weighted by Crippen LogP contribution is 2.62. The second-order valence-electron chi connectivity index (χ2n) is 13.6. The highest BCUT2D eigenvalue weighted by molar-refractivity contribution is 5.89. The first-order chi connectivity index (χ1) is 17.4. The normalized spacial score (nSPS) is 35.3. The molecule has 5 fully saturated rings. The number of rotatable bonds is 7. The lowest BCUT2D eigenvalue weighted by molar-refractivity contribution is -0.0571. The van der Waals surface area contributed by atoms with Gasteiger partial charge in [0.05, 0.1) is 0 Å². The van der Waals surface area contributed by atoms with Crippen LogP contribution >= 0.6 is 0 Å². The lowest BCUT2D eigenvalue weighted by atomic mass is 9.48. The van der Waals surface area contributed by atoms with Crippen molar-refractivity contribution in [3.8, 4) is 0 Å². The topological polar surface area (TPSA) is 55.0 Å². The Balaban J connectivity index is 1.14. The first-order valence-electron chi connectivity index (χ1n) is 14.4. The van der Waals surface area contributed by atoms with E-state index < -0.39 is 0 Å². The lowest BCUT2D eigenvalue weighted by Gasteiger charge is -2.57. The molecule has 0 amide bonds. The number of hydrogen-bond acceptors (Lipinski definition) is 3. The number of ether oxygens (including phenoxy) is 1. The molecule has 6 bridgehead atoms. The van der Waals surface area contributed by atoms with Crippen LogP contribution in [-0.4, -0.2) is 15.9 Å². The number of carbonyl (C=O) groups excluding carboxylic acids is 1. The van der Waals surface area contributed by atoms with E-state index >= 15 is 0 Å². The molecule has 190 valence electrons. The molecule has 7 aliphatic carbocycles. The van der Waals surface area contributed by atoms with Gasteiger partial charge in [0.15, 0.2) is 5.69 Å². The lowest BCUT2D eigenvalue weighted by Crippen LogP contribution is -2.47. The van der Waals surface area contributed by atoms with E-state index in [1.54, 1.807) is 0 Å². The van der Waals surface area contributed by atoms with Crippen molar-refractivity contribution in [2.75, 3.05) is 0 Å². The smallest absolute Gasteiger partial charge is 0.359 e. The maximum absolute atomic E-state index is 13.4. The van der Waals surface area contributed by atoms with Crippen LogP contribution in [0.3, 0.4) is 0 Å². The predicted molar refractivity (Wildman–Crippen MR) is 141 cm³/mol. The van der Waals surface area contributed by atoms with Crippen LogP contribution in [-0.2, 0) is 17.8 Å². The van der Waals surface area contributed by atoms with Crippen molar-refractivity contribution in [3.05, 3.63) is 59.2 Å². The van der Waals surface area contributed by atoms with Gasteiger partial charge in [-0.15, -0.1) is 0 Å². The summed E-state index contributed by atoms with van der Waals surface area (Å²) < 4.78 is 5.79. The molecule has 0 radical (unpaired) electrons. The number of nitrogens with one attached hydrogen (secondary N) is 1. The highest BCUT2D eigenvalue weighted by Gasteiger charge is 2.53. The van der Waals surface area contributed by atoms with E-state index in [0.29, 0.717) is 22.4 Å². The Morgan fingerprint density at radius 3 is 2.36 bits per heavy atom. The number of allylic oxidation sites excluding steroid dienone is 2. The summed E-state index contributed by atoms with van der Waals surface area (Å²) in [6, 6.07) is 9.95. The molecular weight excluding hydrogens is 444 g/mol. The summed E-state index contributed by atoms with van der Waals surface area (Å²) in [5, 5.41) is 0. The summed E-state index contributed by atoms with van der Waals surface area (Å²) in [7, 11) is 0. The first-order valence-corrected chi connectivity index (χ1v) is 14.4. The first kappa shape index (κ1) is 22.8. The van der Waals surface area contributed by atoms with Gasteiger partial charge in [-0.3, -0.25) is 0 Å². The molecule has 2 unspecified atom stereocenters. The van der Waals surface area contributed by atoms with Crippen LogP contribution in [0.4, 0.5) is 0 Å². The van der Waals surface area contributed by atoms with Gasteiger partial charge in [0.25, 0.3) is 0 Å². The Labute approximate surface area is 215 Å². The van der Waals surface area contributed by atoms with Crippen molar-refractivity contribution >= 4 is 11.5 Å². The number of esters is 1. The van der Waals surface area contributed by atoms with E-state index in [9.17, 15) is 4.79 Å². The Morgan fingerprint density at radius 1 is 1.03 bits per heavy atom. The molecule has 7 aliphatic rings. The fourth-order valence-electron chi connectivity index (χ4n) is 9.29. The third kappa shape index (κ3) is 3.78. The van der Waals surface area contributed by atoms with Crippen LogP contribution in [0.25, 0.3) is 5.57 Å². The van der Waals surface area contributed by atoms with Crippen LogP contribution in [0.5, 0.6) is 0 Å². The molecule has 2 aromatic rings. The summed E-state index contributed by atoms with van der Waals surface area (Å²) in [5.74, 6) is 4.79. The number of fused-ring (bicyclic) bond motifs is 1. The second kappa shape index (κ2) is 8.33. The van der Waals surface area contributed by atoms with Gasteiger partial charge in [0.1, 0.15) is 12.4 Å². The SMILES string of the molecule is CC1(C)C2CC=C(c3nc(C(=O)OCc4ccccc4)c(CCC45CC6CC(CC(C6)C4)C5)[nH]3)C1C2. The van der Waals surface area contributed by atoms with E-state index in [2.05, 4.69) is 24.9 Å². The molecule has 4 heteroatoms. The molecule has 1 aromatic heterocycles. The van der Waals surface area contributed by atoms with Crippen molar-refractivity contribution in [1.82, 2.24) is 9.97 Å². The van der Waals surface area contributed by atoms with E-state index in [4.69, 9.17) is 9.72 Å². The molecule has 0 aliphatic heterocycles. The minimum absolute atomic E-state index is 0.288. The maximum Gasteiger partial charge on any atom is 0.359 e. The Hall–Kier alpha value is -2.36. The van der Waals surface area contributed by atoms with Gasteiger partial charge >= 0.3 is 5.97 Å². The number of benzene rings is 1. The van der Waals surface area contributed by atoms with Gasteiger partial charge in [0, 0.05) is 5.69 Å². The second-order valence-corrected chi connectivity index (χ2v) is 13.6. The number of carbonyl (C=O) groups is 1. The average Bonchev–Trinajstić information content (AvgIpc) is 3.30. The molecule has 9 rings (SSSR count). The van der Waals surface area contributed by atoms with Crippen molar-refractivity contribution in [3.63, 3.8) is 0 Å². The summed E-state index contributed by atoms with van der Waals surface area (Å²) in [6.07, 6.45) is 15.4. The number of H-pyrrole nitrogens is 1. The molecular formula is C32H40N2O2. The van der Waals surface area contributed by atoms with Crippen LogP contribution in [0.2, 0.25) is 0 Å². The Kier molecular flexibility index (Phi) is 5.28. The van der Waals surface area contributed by atoms with E-state index in [1.807, 2.05) is 30.3 Å². The average molecular weight is 485 g/mol. The molecule has 5 saturated carbocycles. The van der Waals surface area contributed by atoms with Gasteiger partial charge in [-0.1, -0.05) is 50.3 Å². The summed E-state index contributed by atoms with van der Waals surface area (Å²) >= 11 is 0. The van der Waals surface area contributed by atoms with E-state index in [-0.39, 0.29) is 12.6 Å². The molecule has 2 atom stereocenters.